The molecule has 0 bridgehead atoms. The van der Waals surface area contributed by atoms with Crippen molar-refractivity contribution < 1.29 is 14.6 Å². The second-order valence-electron chi connectivity index (χ2n) is 3.98. The van der Waals surface area contributed by atoms with Crippen LogP contribution in [0, 0.1) is 12.3 Å². The fraction of sp³-hybridized carbons (Fsp3) is 0.385. The van der Waals surface area contributed by atoms with Crippen LogP contribution in [-0.4, -0.2) is 23.9 Å². The molecule has 0 amide bonds. The van der Waals surface area contributed by atoms with Crippen molar-refractivity contribution in [3.8, 4) is 23.8 Å². The third kappa shape index (κ3) is 3.84. The highest BCUT2D eigenvalue weighted by Crippen LogP contribution is 2.21. The number of ether oxygens (including phenoxy) is 2. The van der Waals surface area contributed by atoms with Gasteiger partial charge < -0.3 is 14.6 Å². The molecule has 3 nitrogen and oxygen atoms in total. The molecule has 1 aromatic carbocycles. The van der Waals surface area contributed by atoms with Gasteiger partial charge in [-0.25, -0.2) is 0 Å². The van der Waals surface area contributed by atoms with Crippen LogP contribution in [0.1, 0.15) is 13.8 Å². The molecule has 0 unspecified atom stereocenters. The molecule has 86 valence electrons. The molecule has 3 heteroatoms. The maximum Gasteiger partial charge on any atom is 0.148 e. The minimum atomic E-state index is -0.582. The average Bonchev–Trinajstić information content (AvgIpc) is 2.28. The summed E-state index contributed by atoms with van der Waals surface area (Å²) in [7, 11) is 0. The van der Waals surface area contributed by atoms with Gasteiger partial charge in [-0.3, -0.25) is 0 Å². The molecular formula is C13H16O3. The minimum absolute atomic E-state index is 0.0393. The van der Waals surface area contributed by atoms with E-state index in [0.717, 1.165) is 0 Å². The van der Waals surface area contributed by atoms with E-state index in [1.165, 1.54) is 0 Å². The molecule has 0 heterocycles. The van der Waals surface area contributed by atoms with Crippen molar-refractivity contribution in [1.82, 2.24) is 0 Å². The summed E-state index contributed by atoms with van der Waals surface area (Å²) in [5.41, 5.74) is -0.582. The van der Waals surface area contributed by atoms with Crippen LogP contribution < -0.4 is 9.47 Å². The lowest BCUT2D eigenvalue weighted by Crippen LogP contribution is -2.32. The summed E-state index contributed by atoms with van der Waals surface area (Å²) >= 11 is 0. The van der Waals surface area contributed by atoms with Gasteiger partial charge in [0.15, 0.2) is 0 Å². The Hall–Kier alpha value is -1.66. The molecule has 0 spiro atoms. The third-order valence-corrected chi connectivity index (χ3v) is 1.92. The van der Waals surface area contributed by atoms with Crippen molar-refractivity contribution in [2.75, 3.05) is 13.2 Å². The summed E-state index contributed by atoms with van der Waals surface area (Å²) in [5.74, 6) is 3.78. The van der Waals surface area contributed by atoms with E-state index in [-0.39, 0.29) is 13.2 Å². The third-order valence-electron chi connectivity index (χ3n) is 1.92. The molecule has 0 fully saturated rings. The van der Waals surface area contributed by atoms with E-state index < -0.39 is 5.60 Å². The van der Waals surface area contributed by atoms with Gasteiger partial charge in [-0.05, 0) is 38.1 Å². The van der Waals surface area contributed by atoms with Gasteiger partial charge in [0.25, 0.3) is 0 Å². The predicted molar refractivity (Wildman–Crippen MR) is 62.6 cm³/mol. The van der Waals surface area contributed by atoms with Crippen LogP contribution in [0.15, 0.2) is 24.3 Å². The molecule has 0 aliphatic carbocycles. The Balaban J connectivity index is 2.62. The lowest BCUT2D eigenvalue weighted by molar-refractivity contribution is 0.0412. The Morgan fingerprint density at radius 1 is 1.25 bits per heavy atom. The zero-order chi connectivity index (χ0) is 12.0. The SMILES string of the molecule is C#CCOc1ccc(OC(C)(C)CO)cc1. The summed E-state index contributed by atoms with van der Waals surface area (Å²) in [6.07, 6.45) is 5.08. The van der Waals surface area contributed by atoms with Gasteiger partial charge in [-0.15, -0.1) is 6.42 Å². The molecule has 0 aromatic heterocycles. The first-order valence-electron chi connectivity index (χ1n) is 5.03. The number of aliphatic hydroxyl groups is 1. The summed E-state index contributed by atoms with van der Waals surface area (Å²) < 4.78 is 10.8. The number of hydrogen-bond donors (Lipinski definition) is 1. The molecule has 1 aromatic rings. The minimum Gasteiger partial charge on any atom is -0.485 e. The van der Waals surface area contributed by atoms with E-state index in [4.69, 9.17) is 21.0 Å². The van der Waals surface area contributed by atoms with Crippen molar-refractivity contribution in [3.63, 3.8) is 0 Å². The second-order valence-corrected chi connectivity index (χ2v) is 3.98. The van der Waals surface area contributed by atoms with Crippen molar-refractivity contribution in [3.05, 3.63) is 24.3 Å². The van der Waals surface area contributed by atoms with Gasteiger partial charge in [0, 0.05) is 0 Å². The Bertz CT molecular complexity index is 360. The van der Waals surface area contributed by atoms with Crippen molar-refractivity contribution >= 4 is 0 Å². The Morgan fingerprint density at radius 3 is 2.31 bits per heavy atom. The standard InChI is InChI=1S/C13H16O3/c1-4-9-15-11-5-7-12(8-6-11)16-13(2,3)10-14/h1,5-8,14H,9-10H2,2-3H3. The molecule has 0 radical (unpaired) electrons. The molecular weight excluding hydrogens is 204 g/mol. The summed E-state index contributed by atoms with van der Waals surface area (Å²) in [5, 5.41) is 9.05. The lowest BCUT2D eigenvalue weighted by atomic mass is 10.1. The first-order chi connectivity index (χ1) is 7.57. The van der Waals surface area contributed by atoms with E-state index in [2.05, 4.69) is 5.92 Å². The molecule has 0 atom stereocenters. The zero-order valence-electron chi connectivity index (χ0n) is 9.56. The fourth-order valence-electron chi connectivity index (χ4n) is 1.08. The topological polar surface area (TPSA) is 38.7 Å². The van der Waals surface area contributed by atoms with E-state index >= 15 is 0 Å². The highest BCUT2D eigenvalue weighted by atomic mass is 16.5. The number of benzene rings is 1. The highest BCUT2D eigenvalue weighted by molar-refractivity contribution is 5.31. The first-order valence-corrected chi connectivity index (χ1v) is 5.03. The Morgan fingerprint density at radius 2 is 1.81 bits per heavy atom. The first kappa shape index (κ1) is 12.4. The van der Waals surface area contributed by atoms with Crippen LogP contribution >= 0.6 is 0 Å². The summed E-state index contributed by atoms with van der Waals surface area (Å²) in [6.45, 7) is 3.84. The van der Waals surface area contributed by atoms with Crippen LogP contribution in [-0.2, 0) is 0 Å². The number of terminal acetylenes is 1. The summed E-state index contributed by atoms with van der Waals surface area (Å²) in [6, 6.07) is 7.12. The second kappa shape index (κ2) is 5.43. The van der Waals surface area contributed by atoms with Gasteiger partial charge in [0.2, 0.25) is 0 Å². The maximum atomic E-state index is 9.05. The fourth-order valence-corrected chi connectivity index (χ4v) is 1.08. The molecule has 0 saturated heterocycles. The van der Waals surface area contributed by atoms with Crippen molar-refractivity contribution in [2.45, 2.75) is 19.4 Å². The van der Waals surface area contributed by atoms with Gasteiger partial charge in [0.1, 0.15) is 23.7 Å². The van der Waals surface area contributed by atoms with Gasteiger partial charge in [0.05, 0.1) is 6.61 Å². The lowest BCUT2D eigenvalue weighted by Gasteiger charge is -2.23. The number of aliphatic hydroxyl groups excluding tert-OH is 1. The molecule has 0 aliphatic heterocycles. The van der Waals surface area contributed by atoms with Crippen molar-refractivity contribution in [1.29, 1.82) is 0 Å². The van der Waals surface area contributed by atoms with E-state index in [9.17, 15) is 0 Å². The molecule has 0 saturated carbocycles. The smallest absolute Gasteiger partial charge is 0.148 e. The monoisotopic (exact) mass is 220 g/mol. The van der Waals surface area contributed by atoms with Crippen LogP contribution in [0.5, 0.6) is 11.5 Å². The van der Waals surface area contributed by atoms with Crippen LogP contribution in [0.25, 0.3) is 0 Å². The maximum absolute atomic E-state index is 9.05. The van der Waals surface area contributed by atoms with Crippen LogP contribution in [0.3, 0.4) is 0 Å². The normalized spacial score (nSPS) is 10.6. The van der Waals surface area contributed by atoms with E-state index in [1.54, 1.807) is 24.3 Å². The van der Waals surface area contributed by atoms with E-state index in [1.807, 2.05) is 13.8 Å². The molecule has 0 aliphatic rings. The predicted octanol–water partition coefficient (Wildman–Crippen LogP) is 1.85. The average molecular weight is 220 g/mol. The highest BCUT2D eigenvalue weighted by Gasteiger charge is 2.17. The zero-order valence-corrected chi connectivity index (χ0v) is 9.56. The Kier molecular flexibility index (Phi) is 4.21. The number of rotatable bonds is 5. The molecule has 1 N–H and O–H groups in total. The Labute approximate surface area is 96.0 Å². The van der Waals surface area contributed by atoms with Crippen LogP contribution in [0.4, 0.5) is 0 Å². The van der Waals surface area contributed by atoms with Crippen LogP contribution in [0.2, 0.25) is 0 Å². The van der Waals surface area contributed by atoms with Crippen molar-refractivity contribution in [2.24, 2.45) is 0 Å². The molecule has 1 rings (SSSR count). The quantitative estimate of drug-likeness (QED) is 0.770. The number of hydrogen-bond acceptors (Lipinski definition) is 3. The van der Waals surface area contributed by atoms with Gasteiger partial charge in [-0.2, -0.15) is 0 Å². The summed E-state index contributed by atoms with van der Waals surface area (Å²) in [4.78, 5) is 0. The largest absolute Gasteiger partial charge is 0.485 e. The van der Waals surface area contributed by atoms with Gasteiger partial charge >= 0.3 is 0 Å². The molecule has 16 heavy (non-hydrogen) atoms. The van der Waals surface area contributed by atoms with Gasteiger partial charge in [-0.1, -0.05) is 5.92 Å². The van der Waals surface area contributed by atoms with E-state index in [0.29, 0.717) is 11.5 Å².